The van der Waals surface area contributed by atoms with Gasteiger partial charge in [-0.1, -0.05) is 6.07 Å². The van der Waals surface area contributed by atoms with Gasteiger partial charge in [-0.05, 0) is 57.4 Å². The summed E-state index contributed by atoms with van der Waals surface area (Å²) in [7, 11) is 0. The molecular formula is C21H24FNO4. The highest BCUT2D eigenvalue weighted by Crippen LogP contribution is 2.21. The number of carbonyl (C=O) groups is 2. The Morgan fingerprint density at radius 1 is 1.26 bits per heavy atom. The largest absolute Gasteiger partial charge is 0.454 e. The smallest absolute Gasteiger partial charge is 0.338 e. The van der Waals surface area contributed by atoms with Crippen molar-refractivity contribution in [2.24, 2.45) is 0 Å². The molecule has 2 heterocycles. The first-order valence-corrected chi connectivity index (χ1v) is 9.11. The molecular weight excluding hydrogens is 349 g/mol. The second-order valence-corrected chi connectivity index (χ2v) is 6.99. The van der Waals surface area contributed by atoms with Gasteiger partial charge in [-0.3, -0.25) is 4.79 Å². The first kappa shape index (κ1) is 19.3. The van der Waals surface area contributed by atoms with Crippen LogP contribution in [-0.2, 0) is 16.0 Å². The number of Topliss-reactive ketones (excluding diaryl/α,β-unsaturated/α-hetero) is 1. The van der Waals surface area contributed by atoms with Crippen molar-refractivity contribution in [3.05, 3.63) is 58.2 Å². The summed E-state index contributed by atoms with van der Waals surface area (Å²) in [6.45, 7) is 6.56. The van der Waals surface area contributed by atoms with E-state index in [0.717, 1.165) is 36.9 Å². The standard InChI is InChI=1S/C21H24FNO4/c1-13-6-7-16(10-19(13)22)21(25)27-12-20(24)18-9-14(2)23(15(18)3)11-17-5-4-8-26-17/h6-7,9-10,17H,4-5,8,11-12H2,1-3H3/t17-/m0/s1. The lowest BCUT2D eigenvalue weighted by molar-refractivity contribution is 0.0474. The first-order valence-electron chi connectivity index (χ1n) is 9.11. The molecule has 1 saturated heterocycles. The van der Waals surface area contributed by atoms with Crippen LogP contribution >= 0.6 is 0 Å². The molecule has 144 valence electrons. The van der Waals surface area contributed by atoms with Gasteiger partial charge >= 0.3 is 5.97 Å². The molecule has 2 aromatic rings. The van der Waals surface area contributed by atoms with Crippen LogP contribution in [0.5, 0.6) is 0 Å². The van der Waals surface area contributed by atoms with Crippen molar-refractivity contribution in [3.8, 4) is 0 Å². The highest BCUT2D eigenvalue weighted by atomic mass is 19.1. The number of rotatable bonds is 6. The van der Waals surface area contributed by atoms with Gasteiger partial charge in [0.05, 0.1) is 11.7 Å². The minimum Gasteiger partial charge on any atom is -0.454 e. The van der Waals surface area contributed by atoms with Crippen molar-refractivity contribution in [1.82, 2.24) is 4.57 Å². The Morgan fingerprint density at radius 3 is 2.70 bits per heavy atom. The fourth-order valence-corrected chi connectivity index (χ4v) is 3.37. The molecule has 1 aliphatic rings. The molecule has 0 amide bonds. The van der Waals surface area contributed by atoms with E-state index in [1.165, 1.54) is 12.1 Å². The molecule has 0 aliphatic carbocycles. The second-order valence-electron chi connectivity index (χ2n) is 6.99. The van der Waals surface area contributed by atoms with Gasteiger partial charge in [0.15, 0.2) is 6.61 Å². The number of hydrogen-bond donors (Lipinski definition) is 0. The molecule has 1 aromatic carbocycles. The zero-order valence-electron chi connectivity index (χ0n) is 15.9. The van der Waals surface area contributed by atoms with Gasteiger partial charge in [-0.15, -0.1) is 0 Å². The molecule has 0 spiro atoms. The Labute approximate surface area is 158 Å². The van der Waals surface area contributed by atoms with Gasteiger partial charge in [0, 0.05) is 30.1 Å². The molecule has 0 saturated carbocycles. The maximum Gasteiger partial charge on any atom is 0.338 e. The molecule has 3 rings (SSSR count). The number of carbonyl (C=O) groups excluding carboxylic acids is 2. The summed E-state index contributed by atoms with van der Waals surface area (Å²) in [6, 6.07) is 5.92. The molecule has 0 bridgehead atoms. The van der Waals surface area contributed by atoms with Crippen LogP contribution in [0.3, 0.4) is 0 Å². The molecule has 0 N–H and O–H groups in total. The van der Waals surface area contributed by atoms with Crippen molar-refractivity contribution in [3.63, 3.8) is 0 Å². The van der Waals surface area contributed by atoms with E-state index in [1.807, 2.05) is 19.9 Å². The van der Waals surface area contributed by atoms with Crippen LogP contribution in [0.2, 0.25) is 0 Å². The lowest BCUT2D eigenvalue weighted by Crippen LogP contribution is -2.18. The fraction of sp³-hybridized carbons (Fsp3) is 0.429. The number of esters is 1. The van der Waals surface area contributed by atoms with E-state index < -0.39 is 11.8 Å². The number of aromatic nitrogens is 1. The SMILES string of the molecule is Cc1ccc(C(=O)OCC(=O)c2cc(C)n(C[C@@H]3CCCO3)c2C)cc1F. The van der Waals surface area contributed by atoms with E-state index >= 15 is 0 Å². The molecule has 27 heavy (non-hydrogen) atoms. The van der Waals surface area contributed by atoms with E-state index in [2.05, 4.69) is 4.57 Å². The predicted molar refractivity (Wildman–Crippen MR) is 98.6 cm³/mol. The van der Waals surface area contributed by atoms with Gasteiger partial charge < -0.3 is 14.0 Å². The van der Waals surface area contributed by atoms with Gasteiger partial charge in [0.25, 0.3) is 0 Å². The van der Waals surface area contributed by atoms with E-state index in [4.69, 9.17) is 9.47 Å². The third-order valence-corrected chi connectivity index (χ3v) is 5.03. The van der Waals surface area contributed by atoms with Crippen molar-refractivity contribution in [2.75, 3.05) is 13.2 Å². The Morgan fingerprint density at radius 2 is 2.04 bits per heavy atom. The van der Waals surface area contributed by atoms with Crippen molar-refractivity contribution in [2.45, 2.75) is 46.3 Å². The lowest BCUT2D eigenvalue weighted by Gasteiger charge is -2.14. The number of nitrogens with zero attached hydrogens (tertiary/aromatic N) is 1. The first-order chi connectivity index (χ1) is 12.9. The average Bonchev–Trinajstić information content (AvgIpc) is 3.25. The highest BCUT2D eigenvalue weighted by molar-refractivity contribution is 6.00. The summed E-state index contributed by atoms with van der Waals surface area (Å²) in [5, 5.41) is 0. The number of ether oxygens (including phenoxy) is 2. The summed E-state index contributed by atoms with van der Waals surface area (Å²) in [5.74, 6) is -1.47. The van der Waals surface area contributed by atoms with E-state index in [-0.39, 0.29) is 24.1 Å². The topological polar surface area (TPSA) is 57.5 Å². The average molecular weight is 373 g/mol. The Balaban J connectivity index is 1.65. The lowest BCUT2D eigenvalue weighted by atomic mass is 10.1. The van der Waals surface area contributed by atoms with Crippen LogP contribution in [0.25, 0.3) is 0 Å². The van der Waals surface area contributed by atoms with Crippen LogP contribution in [0, 0.1) is 26.6 Å². The third kappa shape index (κ3) is 4.27. The quantitative estimate of drug-likeness (QED) is 0.571. The van der Waals surface area contributed by atoms with Gasteiger partial charge in [-0.25, -0.2) is 9.18 Å². The fourth-order valence-electron chi connectivity index (χ4n) is 3.37. The van der Waals surface area contributed by atoms with Crippen molar-refractivity contribution >= 4 is 11.8 Å². The molecule has 1 atom stereocenters. The molecule has 1 aromatic heterocycles. The molecule has 6 heteroatoms. The van der Waals surface area contributed by atoms with E-state index in [0.29, 0.717) is 17.7 Å². The van der Waals surface area contributed by atoms with Gasteiger partial charge in [-0.2, -0.15) is 0 Å². The van der Waals surface area contributed by atoms with E-state index in [1.54, 1.807) is 6.92 Å². The Kier molecular flexibility index (Phi) is 5.75. The number of ketones is 1. The predicted octanol–water partition coefficient (Wildman–Crippen LogP) is 3.77. The second kappa shape index (κ2) is 8.05. The number of aryl methyl sites for hydroxylation is 2. The highest BCUT2D eigenvalue weighted by Gasteiger charge is 2.22. The summed E-state index contributed by atoms with van der Waals surface area (Å²) in [5.41, 5.74) is 2.88. The summed E-state index contributed by atoms with van der Waals surface area (Å²) >= 11 is 0. The van der Waals surface area contributed by atoms with Crippen LogP contribution in [0.15, 0.2) is 24.3 Å². The molecule has 1 aliphatic heterocycles. The molecule has 5 nitrogen and oxygen atoms in total. The molecule has 1 fully saturated rings. The Bertz CT molecular complexity index is 865. The molecule has 0 radical (unpaired) electrons. The van der Waals surface area contributed by atoms with Crippen molar-refractivity contribution < 1.29 is 23.5 Å². The number of halogens is 1. The number of hydrogen-bond acceptors (Lipinski definition) is 4. The van der Waals surface area contributed by atoms with Crippen LogP contribution in [0.4, 0.5) is 4.39 Å². The van der Waals surface area contributed by atoms with Gasteiger partial charge in [0.1, 0.15) is 5.82 Å². The monoisotopic (exact) mass is 373 g/mol. The zero-order valence-corrected chi connectivity index (χ0v) is 15.9. The minimum atomic E-state index is -0.713. The summed E-state index contributed by atoms with van der Waals surface area (Å²) < 4.78 is 26.4. The van der Waals surface area contributed by atoms with Gasteiger partial charge in [0.2, 0.25) is 5.78 Å². The summed E-state index contributed by atoms with van der Waals surface area (Å²) in [4.78, 5) is 24.6. The summed E-state index contributed by atoms with van der Waals surface area (Å²) in [6.07, 6.45) is 2.25. The van der Waals surface area contributed by atoms with Crippen LogP contribution in [0.1, 0.15) is 50.5 Å². The third-order valence-electron chi connectivity index (χ3n) is 5.03. The molecule has 0 unspecified atom stereocenters. The maximum atomic E-state index is 13.6. The van der Waals surface area contributed by atoms with Crippen molar-refractivity contribution in [1.29, 1.82) is 0 Å². The normalized spacial score (nSPS) is 16.5. The minimum absolute atomic E-state index is 0.0924. The zero-order chi connectivity index (χ0) is 19.6. The van der Waals surface area contributed by atoms with Crippen LogP contribution in [-0.4, -0.2) is 35.6 Å². The maximum absolute atomic E-state index is 13.6. The Hall–Kier alpha value is -2.47. The van der Waals surface area contributed by atoms with Crippen LogP contribution < -0.4 is 0 Å². The number of benzene rings is 1. The van der Waals surface area contributed by atoms with E-state index in [9.17, 15) is 14.0 Å².